The largest absolute Gasteiger partial charge is 0.370 e. The van der Waals surface area contributed by atoms with Crippen molar-refractivity contribution in [2.75, 3.05) is 24.5 Å². The Hall–Kier alpha value is -0.800. The molecule has 0 aromatic carbocycles. The van der Waals surface area contributed by atoms with Gasteiger partial charge in [0.25, 0.3) is 0 Å². The number of anilines is 1. The molecule has 1 aromatic rings. The van der Waals surface area contributed by atoms with Crippen molar-refractivity contribution < 1.29 is 0 Å². The van der Waals surface area contributed by atoms with E-state index in [0.717, 1.165) is 48.9 Å². The Labute approximate surface area is 102 Å². The summed E-state index contributed by atoms with van der Waals surface area (Å²) in [5.41, 5.74) is 7.71. The molecule has 4 heteroatoms. The van der Waals surface area contributed by atoms with Gasteiger partial charge in [-0.3, -0.25) is 4.98 Å². The molecular weight excluding hydrogens is 222 g/mol. The molecule has 1 aliphatic heterocycles. The second kappa shape index (κ2) is 5.02. The fourth-order valence-corrected chi connectivity index (χ4v) is 2.42. The third-order valence-corrected chi connectivity index (χ3v) is 3.80. The van der Waals surface area contributed by atoms with E-state index in [2.05, 4.69) is 9.88 Å². The van der Waals surface area contributed by atoms with Gasteiger partial charge in [-0.15, -0.1) is 0 Å². The van der Waals surface area contributed by atoms with Crippen molar-refractivity contribution in [1.29, 1.82) is 0 Å². The Morgan fingerprint density at radius 3 is 2.81 bits per heavy atom. The van der Waals surface area contributed by atoms with E-state index in [9.17, 15) is 0 Å². The van der Waals surface area contributed by atoms with E-state index in [1.54, 1.807) is 0 Å². The summed E-state index contributed by atoms with van der Waals surface area (Å²) in [6.45, 7) is 4.84. The Bertz CT molecular complexity index is 359. The summed E-state index contributed by atoms with van der Waals surface area (Å²) in [5, 5.41) is 0.786. The van der Waals surface area contributed by atoms with Gasteiger partial charge >= 0.3 is 0 Å². The maximum absolute atomic E-state index is 6.27. The number of hydrogen-bond donors (Lipinski definition) is 1. The Morgan fingerprint density at radius 1 is 1.50 bits per heavy atom. The van der Waals surface area contributed by atoms with Crippen molar-refractivity contribution in [2.24, 2.45) is 11.7 Å². The van der Waals surface area contributed by atoms with Gasteiger partial charge in [0.2, 0.25) is 0 Å². The lowest BCUT2D eigenvalue weighted by atomic mass is 9.97. The predicted octanol–water partition coefficient (Wildman–Crippen LogP) is 2.22. The van der Waals surface area contributed by atoms with Crippen LogP contribution in [0.2, 0.25) is 5.02 Å². The number of hydrogen-bond acceptors (Lipinski definition) is 3. The van der Waals surface area contributed by atoms with Crippen molar-refractivity contribution in [1.82, 2.24) is 4.98 Å². The van der Waals surface area contributed by atoms with Gasteiger partial charge in [-0.2, -0.15) is 0 Å². The van der Waals surface area contributed by atoms with Gasteiger partial charge in [-0.05, 0) is 38.3 Å². The Morgan fingerprint density at radius 2 is 2.19 bits per heavy atom. The molecule has 0 saturated carbocycles. The molecule has 2 rings (SSSR count). The first-order valence-electron chi connectivity index (χ1n) is 5.78. The molecule has 3 nitrogen and oxygen atoms in total. The highest BCUT2D eigenvalue weighted by Crippen LogP contribution is 2.30. The standard InChI is InChI=1S/C12H18ClN3/c1-9-12(13)11(2-5-15-9)16-6-3-10(8-14)4-7-16/h2,5,10H,3-4,6-8,14H2,1H3. The number of piperidine rings is 1. The smallest absolute Gasteiger partial charge is 0.0851 e. The molecule has 2 heterocycles. The molecule has 0 radical (unpaired) electrons. The predicted molar refractivity (Wildman–Crippen MR) is 68.0 cm³/mol. The Kier molecular flexibility index (Phi) is 3.66. The van der Waals surface area contributed by atoms with Crippen molar-refractivity contribution in [2.45, 2.75) is 19.8 Å². The van der Waals surface area contributed by atoms with Gasteiger partial charge < -0.3 is 10.6 Å². The molecule has 0 aliphatic carbocycles. The first kappa shape index (κ1) is 11.7. The van der Waals surface area contributed by atoms with Crippen LogP contribution in [0.25, 0.3) is 0 Å². The van der Waals surface area contributed by atoms with E-state index in [4.69, 9.17) is 17.3 Å². The molecule has 0 spiro atoms. The maximum atomic E-state index is 6.27. The summed E-state index contributed by atoms with van der Waals surface area (Å²) >= 11 is 6.27. The van der Waals surface area contributed by atoms with Crippen LogP contribution in [0.15, 0.2) is 12.3 Å². The van der Waals surface area contributed by atoms with E-state index >= 15 is 0 Å². The van der Waals surface area contributed by atoms with Crippen LogP contribution in [0.4, 0.5) is 5.69 Å². The van der Waals surface area contributed by atoms with Crippen LogP contribution in [0.3, 0.4) is 0 Å². The molecule has 1 saturated heterocycles. The minimum Gasteiger partial charge on any atom is -0.370 e. The average molecular weight is 240 g/mol. The molecular formula is C12H18ClN3. The monoisotopic (exact) mass is 239 g/mol. The molecule has 0 bridgehead atoms. The van der Waals surface area contributed by atoms with E-state index in [1.165, 1.54) is 0 Å². The second-order valence-corrected chi connectivity index (χ2v) is 4.77. The summed E-state index contributed by atoms with van der Waals surface area (Å²) in [6.07, 6.45) is 4.15. The normalized spacial score (nSPS) is 17.8. The van der Waals surface area contributed by atoms with Crippen LogP contribution in [-0.4, -0.2) is 24.6 Å². The quantitative estimate of drug-likeness (QED) is 0.861. The zero-order valence-electron chi connectivity index (χ0n) is 9.62. The van der Waals surface area contributed by atoms with E-state index < -0.39 is 0 Å². The van der Waals surface area contributed by atoms with Crippen molar-refractivity contribution in [3.8, 4) is 0 Å². The van der Waals surface area contributed by atoms with E-state index in [-0.39, 0.29) is 0 Å². The van der Waals surface area contributed by atoms with Crippen LogP contribution in [0, 0.1) is 12.8 Å². The zero-order valence-corrected chi connectivity index (χ0v) is 10.4. The average Bonchev–Trinajstić information content (AvgIpc) is 2.33. The summed E-state index contributed by atoms with van der Waals surface area (Å²) in [6, 6.07) is 2.00. The first-order valence-corrected chi connectivity index (χ1v) is 6.16. The van der Waals surface area contributed by atoms with Crippen LogP contribution < -0.4 is 10.6 Å². The lowest BCUT2D eigenvalue weighted by molar-refractivity contribution is 0.414. The maximum Gasteiger partial charge on any atom is 0.0851 e. The number of rotatable bonds is 2. The van der Waals surface area contributed by atoms with Crippen LogP contribution in [-0.2, 0) is 0 Å². The lowest BCUT2D eigenvalue weighted by Crippen LogP contribution is -2.36. The summed E-state index contributed by atoms with van der Waals surface area (Å²) in [4.78, 5) is 6.52. The van der Waals surface area contributed by atoms with Crippen molar-refractivity contribution in [3.63, 3.8) is 0 Å². The van der Waals surface area contributed by atoms with Crippen LogP contribution >= 0.6 is 11.6 Å². The fraction of sp³-hybridized carbons (Fsp3) is 0.583. The van der Waals surface area contributed by atoms with Crippen LogP contribution in [0.5, 0.6) is 0 Å². The number of aromatic nitrogens is 1. The van der Waals surface area contributed by atoms with Crippen molar-refractivity contribution in [3.05, 3.63) is 23.0 Å². The van der Waals surface area contributed by atoms with Gasteiger partial charge in [0.05, 0.1) is 16.4 Å². The summed E-state index contributed by atoms with van der Waals surface area (Å²) in [7, 11) is 0. The number of aryl methyl sites for hydroxylation is 1. The van der Waals surface area contributed by atoms with Gasteiger partial charge in [0.15, 0.2) is 0 Å². The van der Waals surface area contributed by atoms with Gasteiger partial charge in [-0.25, -0.2) is 0 Å². The van der Waals surface area contributed by atoms with Gasteiger partial charge in [0.1, 0.15) is 0 Å². The topological polar surface area (TPSA) is 42.2 Å². The molecule has 0 amide bonds. The Balaban J connectivity index is 2.11. The fourth-order valence-electron chi connectivity index (χ4n) is 2.19. The van der Waals surface area contributed by atoms with E-state index in [1.807, 2.05) is 19.2 Å². The lowest BCUT2D eigenvalue weighted by Gasteiger charge is -2.33. The number of nitrogens with two attached hydrogens (primary N) is 1. The van der Waals surface area contributed by atoms with E-state index in [0.29, 0.717) is 5.92 Å². The minimum absolute atomic E-state index is 0.679. The van der Waals surface area contributed by atoms with Crippen molar-refractivity contribution >= 4 is 17.3 Å². The van der Waals surface area contributed by atoms with Gasteiger partial charge in [0, 0.05) is 19.3 Å². The number of pyridine rings is 1. The molecule has 2 N–H and O–H groups in total. The second-order valence-electron chi connectivity index (χ2n) is 4.40. The highest BCUT2D eigenvalue weighted by atomic mass is 35.5. The molecule has 16 heavy (non-hydrogen) atoms. The number of nitrogens with zero attached hydrogens (tertiary/aromatic N) is 2. The molecule has 1 fully saturated rings. The molecule has 1 aromatic heterocycles. The molecule has 0 atom stereocenters. The molecule has 88 valence electrons. The highest BCUT2D eigenvalue weighted by molar-refractivity contribution is 6.33. The minimum atomic E-state index is 0.679. The molecule has 0 unspecified atom stereocenters. The SMILES string of the molecule is Cc1nccc(N2CCC(CN)CC2)c1Cl. The number of halogens is 1. The third kappa shape index (κ3) is 2.30. The molecule has 1 aliphatic rings. The first-order chi connectivity index (χ1) is 7.72. The summed E-state index contributed by atoms with van der Waals surface area (Å²) in [5.74, 6) is 0.679. The summed E-state index contributed by atoms with van der Waals surface area (Å²) < 4.78 is 0. The van der Waals surface area contributed by atoms with Gasteiger partial charge in [-0.1, -0.05) is 11.6 Å². The van der Waals surface area contributed by atoms with Crippen LogP contribution in [0.1, 0.15) is 18.5 Å². The highest BCUT2D eigenvalue weighted by Gasteiger charge is 2.20. The zero-order chi connectivity index (χ0) is 11.5. The third-order valence-electron chi connectivity index (χ3n) is 3.33.